The van der Waals surface area contributed by atoms with Crippen LogP contribution in [0.4, 0.5) is 5.69 Å². The van der Waals surface area contributed by atoms with Crippen LogP contribution in [0.25, 0.3) is 5.65 Å². The van der Waals surface area contributed by atoms with Gasteiger partial charge in [0.1, 0.15) is 6.33 Å². The molecule has 0 saturated heterocycles. The van der Waals surface area contributed by atoms with E-state index in [0.29, 0.717) is 23.6 Å². The molecule has 1 amide bonds. The number of aromatic nitrogens is 4. The topological polar surface area (TPSA) is 72.2 Å². The second-order valence-corrected chi connectivity index (χ2v) is 5.78. The van der Waals surface area contributed by atoms with Gasteiger partial charge in [0.25, 0.3) is 0 Å². The Balaban J connectivity index is 1.72. The minimum Gasteiger partial charge on any atom is -0.326 e. The monoisotopic (exact) mass is 329 g/mol. The van der Waals surface area contributed by atoms with Crippen LogP contribution in [-0.2, 0) is 11.2 Å². The molecule has 0 radical (unpaired) electrons. The number of benzene rings is 1. The minimum atomic E-state index is -0.0626. The first-order valence-corrected chi connectivity index (χ1v) is 7.64. The summed E-state index contributed by atoms with van der Waals surface area (Å²) >= 11 is 5.91. The Morgan fingerprint density at radius 3 is 2.96 bits per heavy atom. The van der Waals surface area contributed by atoms with Gasteiger partial charge in [0.15, 0.2) is 5.65 Å². The number of anilines is 1. The van der Waals surface area contributed by atoms with Crippen LogP contribution in [-0.4, -0.2) is 25.7 Å². The summed E-state index contributed by atoms with van der Waals surface area (Å²) in [7, 11) is 0. The van der Waals surface area contributed by atoms with E-state index in [9.17, 15) is 4.79 Å². The predicted octanol–water partition coefficient (Wildman–Crippen LogP) is 2.97. The van der Waals surface area contributed by atoms with Crippen molar-refractivity contribution >= 4 is 28.8 Å². The Hall–Kier alpha value is -2.47. The van der Waals surface area contributed by atoms with Crippen molar-refractivity contribution in [2.75, 3.05) is 5.32 Å². The lowest BCUT2D eigenvalue weighted by molar-refractivity contribution is -0.116. The van der Waals surface area contributed by atoms with Crippen molar-refractivity contribution in [3.05, 3.63) is 52.4 Å². The quantitative estimate of drug-likeness (QED) is 0.798. The molecule has 23 heavy (non-hydrogen) atoms. The number of nitrogens with one attached hydrogen (secondary N) is 1. The van der Waals surface area contributed by atoms with Crippen LogP contribution in [0.3, 0.4) is 0 Å². The van der Waals surface area contributed by atoms with Crippen LogP contribution < -0.4 is 5.32 Å². The van der Waals surface area contributed by atoms with Gasteiger partial charge in [-0.05, 0) is 44.0 Å². The van der Waals surface area contributed by atoms with Crippen molar-refractivity contribution in [3.8, 4) is 0 Å². The van der Waals surface area contributed by atoms with E-state index in [1.807, 2.05) is 19.9 Å². The van der Waals surface area contributed by atoms with Gasteiger partial charge < -0.3 is 5.32 Å². The average Bonchev–Trinajstić information content (AvgIpc) is 2.95. The molecule has 3 rings (SSSR count). The van der Waals surface area contributed by atoms with Crippen molar-refractivity contribution in [1.82, 2.24) is 19.8 Å². The number of halogens is 1. The van der Waals surface area contributed by atoms with Gasteiger partial charge in [-0.15, -0.1) is 10.2 Å². The van der Waals surface area contributed by atoms with E-state index in [4.69, 9.17) is 11.6 Å². The summed E-state index contributed by atoms with van der Waals surface area (Å²) in [5, 5.41) is 15.8. The molecular weight excluding hydrogens is 314 g/mol. The summed E-state index contributed by atoms with van der Waals surface area (Å²) in [5.74, 6) is -0.0626. The summed E-state index contributed by atoms with van der Waals surface area (Å²) in [6, 6.07) is 7.10. The molecule has 0 aliphatic carbocycles. The molecule has 1 aromatic carbocycles. The van der Waals surface area contributed by atoms with Crippen LogP contribution in [0.1, 0.15) is 23.2 Å². The molecule has 0 fully saturated rings. The maximum atomic E-state index is 12.1. The first-order chi connectivity index (χ1) is 11.0. The van der Waals surface area contributed by atoms with Crippen molar-refractivity contribution < 1.29 is 4.79 Å². The molecule has 1 N–H and O–H groups in total. The highest BCUT2D eigenvalue weighted by atomic mass is 35.5. The number of hydrogen-bond acceptors (Lipinski definition) is 4. The van der Waals surface area contributed by atoms with E-state index in [2.05, 4.69) is 20.6 Å². The first kappa shape index (κ1) is 15.4. The zero-order valence-corrected chi connectivity index (χ0v) is 13.6. The Bertz CT molecular complexity index is 874. The maximum Gasteiger partial charge on any atom is 0.224 e. The number of nitrogens with zero attached hydrogens (tertiary/aromatic N) is 4. The standard InChI is InChI=1S/C16H16ClN5O/c1-10-14(11(2)21-22-9-18-20-16(10)22)6-7-15(23)19-13-5-3-4-12(17)8-13/h3-5,8-9H,6-7H2,1-2H3,(H,19,23). The number of hydrogen-bond donors (Lipinski definition) is 1. The third-order valence-corrected chi connectivity index (χ3v) is 3.96. The number of aryl methyl sites for hydroxylation is 2. The first-order valence-electron chi connectivity index (χ1n) is 7.26. The molecule has 3 aromatic rings. The lowest BCUT2D eigenvalue weighted by Crippen LogP contribution is -2.14. The molecule has 7 heteroatoms. The molecular formula is C16H16ClN5O. The molecule has 2 aromatic heterocycles. The molecule has 0 atom stereocenters. The fourth-order valence-electron chi connectivity index (χ4n) is 2.57. The summed E-state index contributed by atoms with van der Waals surface area (Å²) in [6.45, 7) is 3.90. The van der Waals surface area contributed by atoms with Crippen molar-refractivity contribution in [2.45, 2.75) is 26.7 Å². The van der Waals surface area contributed by atoms with Crippen LogP contribution in [0.5, 0.6) is 0 Å². The van der Waals surface area contributed by atoms with Crippen molar-refractivity contribution in [3.63, 3.8) is 0 Å². The van der Waals surface area contributed by atoms with Gasteiger partial charge in [-0.1, -0.05) is 17.7 Å². The molecule has 2 heterocycles. The molecule has 0 aliphatic rings. The normalized spacial score (nSPS) is 10.9. The van der Waals surface area contributed by atoms with E-state index in [1.54, 1.807) is 29.0 Å². The third-order valence-electron chi connectivity index (χ3n) is 3.72. The van der Waals surface area contributed by atoms with Crippen LogP contribution >= 0.6 is 11.6 Å². The molecule has 0 aliphatic heterocycles. The smallest absolute Gasteiger partial charge is 0.224 e. The third kappa shape index (κ3) is 3.32. The second-order valence-electron chi connectivity index (χ2n) is 5.35. The van der Waals surface area contributed by atoms with Crippen LogP contribution in [0, 0.1) is 13.8 Å². The van der Waals surface area contributed by atoms with Gasteiger partial charge in [-0.2, -0.15) is 5.10 Å². The van der Waals surface area contributed by atoms with E-state index >= 15 is 0 Å². The largest absolute Gasteiger partial charge is 0.326 e. The van der Waals surface area contributed by atoms with Crippen LogP contribution in [0.2, 0.25) is 5.02 Å². The second kappa shape index (κ2) is 6.34. The maximum absolute atomic E-state index is 12.1. The van der Waals surface area contributed by atoms with Crippen molar-refractivity contribution in [2.24, 2.45) is 0 Å². The highest BCUT2D eigenvalue weighted by Crippen LogP contribution is 2.18. The summed E-state index contributed by atoms with van der Waals surface area (Å²) in [4.78, 5) is 12.1. The van der Waals surface area contributed by atoms with Gasteiger partial charge in [0, 0.05) is 22.7 Å². The zero-order valence-electron chi connectivity index (χ0n) is 12.9. The fraction of sp³-hybridized carbons (Fsp3) is 0.250. The number of rotatable bonds is 4. The number of carbonyl (C=O) groups excluding carboxylic acids is 1. The number of carbonyl (C=O) groups is 1. The van der Waals surface area contributed by atoms with E-state index < -0.39 is 0 Å². The molecule has 0 spiro atoms. The Morgan fingerprint density at radius 2 is 2.17 bits per heavy atom. The molecule has 0 saturated carbocycles. The van der Waals surface area contributed by atoms with Crippen molar-refractivity contribution in [1.29, 1.82) is 0 Å². The van der Waals surface area contributed by atoms with E-state index in [0.717, 1.165) is 22.5 Å². The highest BCUT2D eigenvalue weighted by Gasteiger charge is 2.13. The molecule has 118 valence electrons. The number of amides is 1. The van der Waals surface area contributed by atoms with Gasteiger partial charge in [0.05, 0.1) is 5.69 Å². The lowest BCUT2D eigenvalue weighted by atomic mass is 10.0. The summed E-state index contributed by atoms with van der Waals surface area (Å²) in [6.07, 6.45) is 2.53. The van der Waals surface area contributed by atoms with Gasteiger partial charge in [0.2, 0.25) is 5.91 Å². The Labute approximate surface area is 138 Å². The van der Waals surface area contributed by atoms with Gasteiger partial charge in [-0.25, -0.2) is 4.52 Å². The molecule has 0 bridgehead atoms. The minimum absolute atomic E-state index is 0.0626. The Kier molecular flexibility index (Phi) is 4.25. The zero-order chi connectivity index (χ0) is 16.4. The molecule has 6 nitrogen and oxygen atoms in total. The highest BCUT2D eigenvalue weighted by molar-refractivity contribution is 6.30. The predicted molar refractivity (Wildman–Crippen MR) is 88.7 cm³/mol. The molecule has 0 unspecified atom stereocenters. The fourth-order valence-corrected chi connectivity index (χ4v) is 2.77. The van der Waals surface area contributed by atoms with Gasteiger partial charge in [-0.3, -0.25) is 4.79 Å². The van der Waals surface area contributed by atoms with Gasteiger partial charge >= 0.3 is 0 Å². The van der Waals surface area contributed by atoms with Crippen LogP contribution in [0.15, 0.2) is 30.6 Å². The SMILES string of the molecule is Cc1nn2cnnc2c(C)c1CCC(=O)Nc1cccc(Cl)c1. The lowest BCUT2D eigenvalue weighted by Gasteiger charge is -2.10. The Morgan fingerprint density at radius 1 is 1.35 bits per heavy atom. The average molecular weight is 330 g/mol. The van der Waals surface area contributed by atoms with E-state index in [1.165, 1.54) is 0 Å². The summed E-state index contributed by atoms with van der Waals surface area (Å²) in [5.41, 5.74) is 4.34. The summed E-state index contributed by atoms with van der Waals surface area (Å²) < 4.78 is 1.65. The van der Waals surface area contributed by atoms with E-state index in [-0.39, 0.29) is 5.91 Å². The number of fused-ring (bicyclic) bond motifs is 1.